The lowest BCUT2D eigenvalue weighted by molar-refractivity contribution is -0.194. The van der Waals surface area contributed by atoms with Gasteiger partial charge in [0.25, 0.3) is 0 Å². The van der Waals surface area contributed by atoms with E-state index in [0.717, 1.165) is 0 Å². The minimum absolute atomic E-state index is 0.127. The summed E-state index contributed by atoms with van der Waals surface area (Å²) in [5.74, 6) is 0. The molecule has 0 aromatic rings. The summed E-state index contributed by atoms with van der Waals surface area (Å²) in [6.07, 6.45) is -2.20. The van der Waals surface area contributed by atoms with Crippen LogP contribution < -0.4 is 5.73 Å². The SMILES string of the molecule is CS[C@@H]1O[C@H](CN)[C@H](O)[C@H](O)[C@H]1O. The average molecular weight is 209 g/mol. The highest BCUT2D eigenvalue weighted by Crippen LogP contribution is 2.26. The second-order valence-corrected chi connectivity index (χ2v) is 3.92. The molecule has 1 fully saturated rings. The zero-order valence-electron chi connectivity index (χ0n) is 7.33. The van der Waals surface area contributed by atoms with Gasteiger partial charge in [0, 0.05) is 6.54 Å². The molecular weight excluding hydrogens is 194 g/mol. The minimum Gasteiger partial charge on any atom is -0.388 e. The molecule has 1 heterocycles. The number of hydrogen-bond donors (Lipinski definition) is 4. The lowest BCUT2D eigenvalue weighted by atomic mass is 10.0. The zero-order valence-corrected chi connectivity index (χ0v) is 8.15. The van der Waals surface area contributed by atoms with Crippen LogP contribution in [0.15, 0.2) is 0 Å². The van der Waals surface area contributed by atoms with Gasteiger partial charge in [0.05, 0.1) is 6.10 Å². The fourth-order valence-electron chi connectivity index (χ4n) is 1.31. The fraction of sp³-hybridized carbons (Fsp3) is 1.00. The van der Waals surface area contributed by atoms with Gasteiger partial charge in [-0.2, -0.15) is 0 Å². The molecule has 0 aliphatic carbocycles. The topological polar surface area (TPSA) is 95.9 Å². The molecule has 0 bridgehead atoms. The van der Waals surface area contributed by atoms with Crippen LogP contribution in [0.5, 0.6) is 0 Å². The van der Waals surface area contributed by atoms with E-state index in [9.17, 15) is 15.3 Å². The first-order chi connectivity index (χ1) is 6.11. The van der Waals surface area contributed by atoms with Gasteiger partial charge in [-0.05, 0) is 6.26 Å². The van der Waals surface area contributed by atoms with Crippen molar-refractivity contribution in [2.45, 2.75) is 29.9 Å². The Hall–Kier alpha value is 0.150. The monoisotopic (exact) mass is 209 g/mol. The number of ether oxygens (including phenoxy) is 1. The zero-order chi connectivity index (χ0) is 10.0. The number of nitrogens with two attached hydrogens (primary N) is 1. The van der Waals surface area contributed by atoms with Gasteiger partial charge in [0.15, 0.2) is 0 Å². The second kappa shape index (κ2) is 4.59. The molecule has 0 aromatic carbocycles. The summed E-state index contributed by atoms with van der Waals surface area (Å²) in [5.41, 5.74) is 4.81. The normalized spacial score (nSPS) is 46.4. The van der Waals surface area contributed by atoms with Crippen LogP contribution in [0.2, 0.25) is 0 Å². The maximum Gasteiger partial charge on any atom is 0.132 e. The van der Waals surface area contributed by atoms with E-state index in [4.69, 9.17) is 10.5 Å². The first-order valence-corrected chi connectivity index (χ1v) is 5.33. The summed E-state index contributed by atoms with van der Waals surface area (Å²) in [5, 5.41) is 28.2. The Kier molecular flexibility index (Phi) is 3.96. The Labute approximate surface area is 80.9 Å². The Bertz CT molecular complexity index is 151. The fourth-order valence-corrected chi connectivity index (χ4v) is 2.00. The smallest absolute Gasteiger partial charge is 0.132 e. The van der Waals surface area contributed by atoms with E-state index in [-0.39, 0.29) is 6.54 Å². The highest BCUT2D eigenvalue weighted by Gasteiger charge is 2.42. The highest BCUT2D eigenvalue weighted by atomic mass is 32.2. The van der Waals surface area contributed by atoms with Gasteiger partial charge >= 0.3 is 0 Å². The van der Waals surface area contributed by atoms with Crippen LogP contribution in [0.1, 0.15) is 0 Å². The van der Waals surface area contributed by atoms with Crippen molar-refractivity contribution in [2.75, 3.05) is 12.8 Å². The summed E-state index contributed by atoms with van der Waals surface area (Å²) in [7, 11) is 0. The van der Waals surface area contributed by atoms with Crippen LogP contribution in [-0.2, 0) is 4.74 Å². The standard InChI is InChI=1S/C7H15NO4S/c1-13-7-6(11)5(10)4(9)3(2-8)12-7/h3-7,9-11H,2,8H2,1H3/t3-,4+,5+,6-,7+/m1/s1. The van der Waals surface area contributed by atoms with Gasteiger partial charge in [-0.15, -0.1) is 11.8 Å². The quantitative estimate of drug-likeness (QED) is 0.425. The largest absolute Gasteiger partial charge is 0.388 e. The van der Waals surface area contributed by atoms with E-state index in [1.807, 2.05) is 0 Å². The number of aliphatic hydroxyl groups excluding tert-OH is 3. The summed E-state index contributed by atoms with van der Waals surface area (Å²) in [6.45, 7) is 0.127. The van der Waals surface area contributed by atoms with Crippen molar-refractivity contribution in [3.63, 3.8) is 0 Å². The van der Waals surface area contributed by atoms with Crippen molar-refractivity contribution in [1.82, 2.24) is 0 Å². The second-order valence-electron chi connectivity index (χ2n) is 2.99. The van der Waals surface area contributed by atoms with Gasteiger partial charge in [-0.25, -0.2) is 0 Å². The third kappa shape index (κ3) is 2.15. The van der Waals surface area contributed by atoms with Crippen LogP contribution in [-0.4, -0.2) is 58.0 Å². The van der Waals surface area contributed by atoms with Crippen molar-refractivity contribution in [1.29, 1.82) is 0 Å². The third-order valence-corrected chi connectivity index (χ3v) is 2.99. The van der Waals surface area contributed by atoms with Gasteiger partial charge in [0.1, 0.15) is 23.7 Å². The Balaban J connectivity index is 2.66. The van der Waals surface area contributed by atoms with Crippen LogP contribution in [0.3, 0.4) is 0 Å². The lowest BCUT2D eigenvalue weighted by Gasteiger charge is -2.39. The van der Waals surface area contributed by atoms with Crippen molar-refractivity contribution in [3.8, 4) is 0 Å². The summed E-state index contributed by atoms with van der Waals surface area (Å²) in [4.78, 5) is 0. The van der Waals surface area contributed by atoms with Crippen molar-refractivity contribution in [3.05, 3.63) is 0 Å². The first-order valence-electron chi connectivity index (χ1n) is 4.04. The van der Waals surface area contributed by atoms with Crippen molar-refractivity contribution >= 4 is 11.8 Å². The van der Waals surface area contributed by atoms with Gasteiger partial charge < -0.3 is 25.8 Å². The predicted octanol–water partition coefficient (Wildman–Crippen LogP) is -1.88. The molecule has 1 aliphatic rings. The lowest BCUT2D eigenvalue weighted by Crippen LogP contribution is -2.58. The van der Waals surface area contributed by atoms with Crippen molar-refractivity contribution < 1.29 is 20.1 Å². The van der Waals surface area contributed by atoms with E-state index in [1.165, 1.54) is 11.8 Å². The van der Waals surface area contributed by atoms with Crippen LogP contribution >= 0.6 is 11.8 Å². The summed E-state index contributed by atoms with van der Waals surface area (Å²) in [6, 6.07) is 0. The molecule has 1 aliphatic heterocycles. The van der Waals surface area contributed by atoms with E-state index in [0.29, 0.717) is 0 Å². The third-order valence-electron chi connectivity index (χ3n) is 2.13. The van der Waals surface area contributed by atoms with E-state index >= 15 is 0 Å². The van der Waals surface area contributed by atoms with Crippen molar-refractivity contribution in [2.24, 2.45) is 5.73 Å². The molecular formula is C7H15NO4S. The molecule has 5 atom stereocenters. The molecule has 0 spiro atoms. The first kappa shape index (κ1) is 11.2. The van der Waals surface area contributed by atoms with E-state index < -0.39 is 29.9 Å². The van der Waals surface area contributed by atoms with Crippen LogP contribution in [0.25, 0.3) is 0 Å². The summed E-state index contributed by atoms with van der Waals surface area (Å²) >= 11 is 1.28. The molecule has 0 radical (unpaired) electrons. The number of aliphatic hydroxyl groups is 3. The molecule has 78 valence electrons. The predicted molar refractivity (Wildman–Crippen MR) is 49.3 cm³/mol. The molecule has 1 rings (SSSR count). The van der Waals surface area contributed by atoms with Crippen LogP contribution in [0.4, 0.5) is 0 Å². The maximum absolute atomic E-state index is 9.42. The molecule has 13 heavy (non-hydrogen) atoms. The number of hydrogen-bond acceptors (Lipinski definition) is 6. The minimum atomic E-state index is -1.18. The van der Waals surface area contributed by atoms with Gasteiger partial charge in [0.2, 0.25) is 0 Å². The molecule has 0 unspecified atom stereocenters. The molecule has 0 amide bonds. The maximum atomic E-state index is 9.42. The molecule has 0 aromatic heterocycles. The molecule has 5 N–H and O–H groups in total. The van der Waals surface area contributed by atoms with Gasteiger partial charge in [-0.3, -0.25) is 0 Å². The average Bonchev–Trinajstić information content (AvgIpc) is 2.15. The Morgan fingerprint density at radius 3 is 2.31 bits per heavy atom. The molecule has 6 heteroatoms. The van der Waals surface area contributed by atoms with Gasteiger partial charge in [-0.1, -0.05) is 0 Å². The number of thioether (sulfide) groups is 1. The van der Waals surface area contributed by atoms with Crippen LogP contribution in [0, 0.1) is 0 Å². The van der Waals surface area contributed by atoms with E-state index in [2.05, 4.69) is 0 Å². The molecule has 0 saturated carbocycles. The molecule has 5 nitrogen and oxygen atoms in total. The number of rotatable bonds is 2. The Morgan fingerprint density at radius 2 is 1.85 bits per heavy atom. The highest BCUT2D eigenvalue weighted by molar-refractivity contribution is 7.99. The van der Waals surface area contributed by atoms with E-state index in [1.54, 1.807) is 6.26 Å². The molecule has 1 saturated heterocycles. The Morgan fingerprint density at radius 1 is 1.23 bits per heavy atom. The summed E-state index contributed by atoms with van der Waals surface area (Å²) < 4.78 is 5.26.